The number of nitrogens with one attached hydrogen (secondary N) is 1. The summed E-state index contributed by atoms with van der Waals surface area (Å²) in [5.74, 6) is -0.0205. The van der Waals surface area contributed by atoms with Gasteiger partial charge in [0.05, 0.1) is 11.4 Å². The average Bonchev–Trinajstić information content (AvgIpc) is 2.92. The lowest BCUT2D eigenvalue weighted by Crippen LogP contribution is -2.39. The van der Waals surface area contributed by atoms with Gasteiger partial charge in [0.25, 0.3) is 0 Å². The van der Waals surface area contributed by atoms with Crippen LogP contribution in [-0.2, 0) is 14.8 Å². The zero-order valence-electron chi connectivity index (χ0n) is 11.9. The summed E-state index contributed by atoms with van der Waals surface area (Å²) in [6, 6.07) is 4.01. The summed E-state index contributed by atoms with van der Waals surface area (Å²) in [7, 11) is -3.89. The molecule has 0 bridgehead atoms. The topological polar surface area (TPSA) is 119 Å². The molecule has 21 heavy (non-hydrogen) atoms. The Balaban J connectivity index is 2.18. The highest BCUT2D eigenvalue weighted by Crippen LogP contribution is 2.26. The minimum Gasteiger partial charge on any atom is -0.396 e. The predicted molar refractivity (Wildman–Crippen MR) is 81.1 cm³/mol. The van der Waals surface area contributed by atoms with Gasteiger partial charge in [0.2, 0.25) is 15.9 Å². The van der Waals surface area contributed by atoms with Crippen LogP contribution in [0.5, 0.6) is 0 Å². The summed E-state index contributed by atoms with van der Waals surface area (Å²) >= 11 is 0. The fraction of sp³-hybridized carbons (Fsp3) is 0.462. The number of nitrogen functional groups attached to an aromatic ring is 1. The van der Waals surface area contributed by atoms with E-state index in [4.69, 9.17) is 10.9 Å². The third-order valence-electron chi connectivity index (χ3n) is 3.53. The van der Waals surface area contributed by atoms with Crippen LogP contribution in [0, 0.1) is 0 Å². The molecule has 8 heteroatoms. The van der Waals surface area contributed by atoms with E-state index in [2.05, 4.69) is 5.32 Å². The van der Waals surface area contributed by atoms with E-state index in [0.717, 1.165) is 25.9 Å². The molecule has 1 atom stereocenters. The van der Waals surface area contributed by atoms with Crippen molar-refractivity contribution in [2.45, 2.75) is 30.7 Å². The number of primary sulfonamides is 1. The van der Waals surface area contributed by atoms with Gasteiger partial charge in [-0.3, -0.25) is 4.79 Å². The van der Waals surface area contributed by atoms with Crippen molar-refractivity contribution in [3.05, 3.63) is 18.2 Å². The summed E-state index contributed by atoms with van der Waals surface area (Å²) in [6.45, 7) is 3.25. The van der Waals surface area contributed by atoms with Crippen LogP contribution in [-0.4, -0.2) is 38.4 Å². The monoisotopic (exact) mass is 312 g/mol. The predicted octanol–water partition coefficient (Wildman–Crippen LogP) is 0.339. The molecule has 0 aromatic heterocycles. The smallest absolute Gasteiger partial charge is 0.244 e. The van der Waals surface area contributed by atoms with Crippen molar-refractivity contribution in [2.75, 3.05) is 24.1 Å². The van der Waals surface area contributed by atoms with Crippen LogP contribution in [0.15, 0.2) is 23.1 Å². The van der Waals surface area contributed by atoms with Crippen LogP contribution in [0.25, 0.3) is 0 Å². The summed E-state index contributed by atoms with van der Waals surface area (Å²) in [5.41, 5.74) is 6.24. The highest BCUT2D eigenvalue weighted by molar-refractivity contribution is 7.89. The van der Waals surface area contributed by atoms with E-state index in [0.29, 0.717) is 5.69 Å². The maximum atomic E-state index is 12.2. The summed E-state index contributed by atoms with van der Waals surface area (Å²) in [5, 5.41) is 8.07. The number of benzene rings is 1. The number of nitrogens with two attached hydrogens (primary N) is 2. The Kier molecular flexibility index (Phi) is 4.38. The van der Waals surface area contributed by atoms with Crippen LogP contribution in [0.4, 0.5) is 11.4 Å². The third kappa shape index (κ3) is 3.45. The Bertz CT molecular complexity index is 639. The van der Waals surface area contributed by atoms with Gasteiger partial charge in [-0.05, 0) is 31.9 Å². The molecule has 1 aliphatic heterocycles. The molecule has 0 aliphatic carbocycles. The van der Waals surface area contributed by atoms with Crippen molar-refractivity contribution >= 4 is 27.3 Å². The number of carbonyl (C=O) groups is 1. The SMILES string of the molecule is CC(Nc1cccc(S(N)(=O)=O)c1N)C(=O)N1CCCC1. The highest BCUT2D eigenvalue weighted by atomic mass is 32.2. The van der Waals surface area contributed by atoms with Gasteiger partial charge in [-0.15, -0.1) is 0 Å². The number of carbonyl (C=O) groups excluding carboxylic acids is 1. The first-order valence-corrected chi connectivity index (χ1v) is 8.32. The zero-order chi connectivity index (χ0) is 15.6. The molecular formula is C13H20N4O3S. The molecule has 1 aromatic carbocycles. The molecule has 1 fully saturated rings. The lowest BCUT2D eigenvalue weighted by atomic mass is 10.2. The number of nitrogens with zero attached hydrogens (tertiary/aromatic N) is 1. The number of likely N-dealkylation sites (tertiary alicyclic amines) is 1. The molecule has 1 heterocycles. The number of hydrogen-bond acceptors (Lipinski definition) is 5. The molecule has 1 aromatic rings. The first-order valence-electron chi connectivity index (χ1n) is 6.77. The Hall–Kier alpha value is -1.80. The number of amides is 1. The molecule has 2 rings (SSSR count). The van der Waals surface area contributed by atoms with Gasteiger partial charge in [-0.25, -0.2) is 13.6 Å². The Morgan fingerprint density at radius 2 is 1.95 bits per heavy atom. The van der Waals surface area contributed by atoms with Crippen LogP contribution in [0.3, 0.4) is 0 Å². The fourth-order valence-electron chi connectivity index (χ4n) is 2.42. The summed E-state index contributed by atoms with van der Waals surface area (Å²) < 4.78 is 22.9. The molecule has 1 aliphatic rings. The van der Waals surface area contributed by atoms with Crippen LogP contribution >= 0.6 is 0 Å². The van der Waals surface area contributed by atoms with Gasteiger partial charge in [0, 0.05) is 13.1 Å². The second-order valence-corrected chi connectivity index (χ2v) is 6.69. The normalized spacial score (nSPS) is 16.8. The number of hydrogen-bond donors (Lipinski definition) is 3. The van der Waals surface area contributed by atoms with Crippen molar-refractivity contribution in [3.63, 3.8) is 0 Å². The lowest BCUT2D eigenvalue weighted by molar-refractivity contribution is -0.130. The van der Waals surface area contributed by atoms with E-state index in [-0.39, 0.29) is 16.5 Å². The standard InChI is InChI=1S/C13H20N4O3S/c1-9(13(18)17-7-2-3-8-17)16-10-5-4-6-11(12(10)14)21(15,19)20/h4-6,9,16H,2-3,7-8,14H2,1H3,(H2,15,19,20). The molecule has 7 nitrogen and oxygen atoms in total. The molecular weight excluding hydrogens is 292 g/mol. The van der Waals surface area contributed by atoms with E-state index < -0.39 is 16.1 Å². The van der Waals surface area contributed by atoms with Gasteiger partial charge in [-0.2, -0.15) is 0 Å². The maximum Gasteiger partial charge on any atom is 0.244 e. The van der Waals surface area contributed by atoms with Gasteiger partial charge < -0.3 is 16.0 Å². The van der Waals surface area contributed by atoms with Crippen LogP contribution in [0.2, 0.25) is 0 Å². The number of para-hydroxylation sites is 1. The van der Waals surface area contributed by atoms with Crippen molar-refractivity contribution in [2.24, 2.45) is 5.14 Å². The molecule has 0 radical (unpaired) electrons. The number of rotatable bonds is 4. The Labute approximate surface area is 124 Å². The quantitative estimate of drug-likeness (QED) is 0.693. The second-order valence-electron chi connectivity index (χ2n) is 5.16. The number of anilines is 2. The lowest BCUT2D eigenvalue weighted by Gasteiger charge is -2.22. The van der Waals surface area contributed by atoms with E-state index in [1.165, 1.54) is 12.1 Å². The second kappa shape index (κ2) is 5.90. The first kappa shape index (κ1) is 15.6. The highest BCUT2D eigenvalue weighted by Gasteiger charge is 2.24. The molecule has 0 saturated carbocycles. The third-order valence-corrected chi connectivity index (χ3v) is 4.50. The summed E-state index contributed by atoms with van der Waals surface area (Å²) in [6.07, 6.45) is 2.03. The molecule has 0 spiro atoms. The van der Waals surface area contributed by atoms with E-state index in [1.54, 1.807) is 17.9 Å². The molecule has 116 valence electrons. The van der Waals surface area contributed by atoms with E-state index >= 15 is 0 Å². The van der Waals surface area contributed by atoms with Gasteiger partial charge in [-0.1, -0.05) is 6.07 Å². The van der Waals surface area contributed by atoms with E-state index in [9.17, 15) is 13.2 Å². The fourth-order valence-corrected chi connectivity index (χ4v) is 3.11. The minimum absolute atomic E-state index is 0.0205. The minimum atomic E-state index is -3.89. The Morgan fingerprint density at radius 1 is 1.33 bits per heavy atom. The van der Waals surface area contributed by atoms with Gasteiger partial charge >= 0.3 is 0 Å². The molecule has 1 unspecified atom stereocenters. The van der Waals surface area contributed by atoms with Crippen LogP contribution < -0.4 is 16.2 Å². The largest absolute Gasteiger partial charge is 0.396 e. The average molecular weight is 312 g/mol. The summed E-state index contributed by atoms with van der Waals surface area (Å²) in [4.78, 5) is 13.9. The first-order chi connectivity index (χ1) is 9.80. The zero-order valence-corrected chi connectivity index (χ0v) is 12.7. The van der Waals surface area contributed by atoms with Crippen LogP contribution in [0.1, 0.15) is 19.8 Å². The van der Waals surface area contributed by atoms with Crippen molar-refractivity contribution < 1.29 is 13.2 Å². The maximum absolute atomic E-state index is 12.2. The molecule has 5 N–H and O–H groups in total. The van der Waals surface area contributed by atoms with Crippen molar-refractivity contribution in [3.8, 4) is 0 Å². The van der Waals surface area contributed by atoms with Crippen molar-refractivity contribution in [1.82, 2.24) is 4.90 Å². The molecule has 1 saturated heterocycles. The Morgan fingerprint density at radius 3 is 2.52 bits per heavy atom. The van der Waals surface area contributed by atoms with Gasteiger partial charge in [0.1, 0.15) is 10.9 Å². The molecule has 1 amide bonds. The number of sulfonamides is 1. The van der Waals surface area contributed by atoms with E-state index in [1.807, 2.05) is 0 Å². The van der Waals surface area contributed by atoms with Gasteiger partial charge in [0.15, 0.2) is 0 Å². The van der Waals surface area contributed by atoms with Crippen molar-refractivity contribution in [1.29, 1.82) is 0 Å².